The summed E-state index contributed by atoms with van der Waals surface area (Å²) in [6.07, 6.45) is 1.72. The van der Waals surface area contributed by atoms with Crippen LogP contribution in [0.25, 0.3) is 0 Å². The molecule has 1 aliphatic rings. The highest BCUT2D eigenvalue weighted by atomic mass is 16.6. The molecule has 1 aromatic rings. The molecule has 0 saturated heterocycles. The van der Waals surface area contributed by atoms with Gasteiger partial charge in [0.15, 0.2) is 0 Å². The van der Waals surface area contributed by atoms with E-state index in [1.165, 1.54) is 11.1 Å². The summed E-state index contributed by atoms with van der Waals surface area (Å²) >= 11 is 0. The predicted octanol–water partition coefficient (Wildman–Crippen LogP) is 2.83. The van der Waals surface area contributed by atoms with Gasteiger partial charge in [-0.15, -0.1) is 0 Å². The topological polar surface area (TPSA) is 55.6 Å². The zero-order valence-electron chi connectivity index (χ0n) is 12.6. The number of hydrogen-bond donors (Lipinski definition) is 1. The van der Waals surface area contributed by atoms with E-state index in [-0.39, 0.29) is 6.09 Å². The van der Waals surface area contributed by atoms with Crippen LogP contribution in [-0.4, -0.2) is 23.1 Å². The molecule has 0 atom stereocenters. The standard InChI is InChI=1S/C16H24N2O2/c1-16(2,3)20-15(19)18-8-4-5-13-9-12(10-17)6-7-14(13)11-18/h6-7,9H,4-5,8,10-11,17H2,1-3H3. The Labute approximate surface area is 120 Å². The SMILES string of the molecule is CC(C)(C)OC(=O)N1CCCc2cc(CN)ccc2C1. The second-order valence-electron chi connectivity index (χ2n) is 6.31. The lowest BCUT2D eigenvalue weighted by atomic mass is 10.0. The molecular weight excluding hydrogens is 252 g/mol. The third-order valence-electron chi connectivity index (χ3n) is 3.39. The van der Waals surface area contributed by atoms with Gasteiger partial charge in [0.2, 0.25) is 0 Å². The predicted molar refractivity (Wildman–Crippen MR) is 79.3 cm³/mol. The summed E-state index contributed by atoms with van der Waals surface area (Å²) < 4.78 is 5.46. The minimum absolute atomic E-state index is 0.228. The zero-order valence-corrected chi connectivity index (χ0v) is 12.6. The third-order valence-corrected chi connectivity index (χ3v) is 3.39. The summed E-state index contributed by atoms with van der Waals surface area (Å²) in [5.41, 5.74) is 8.89. The first kappa shape index (κ1) is 14.9. The number of carbonyl (C=O) groups excluding carboxylic acids is 1. The van der Waals surface area contributed by atoms with Crippen molar-refractivity contribution in [3.05, 3.63) is 34.9 Å². The molecule has 2 rings (SSSR count). The maximum absolute atomic E-state index is 12.2. The minimum Gasteiger partial charge on any atom is -0.444 e. The maximum atomic E-state index is 12.2. The molecule has 0 bridgehead atoms. The first-order valence-electron chi connectivity index (χ1n) is 7.18. The van der Waals surface area contributed by atoms with Gasteiger partial charge in [0, 0.05) is 19.6 Å². The lowest BCUT2D eigenvalue weighted by Crippen LogP contribution is -2.36. The Balaban J connectivity index is 2.14. The quantitative estimate of drug-likeness (QED) is 0.858. The van der Waals surface area contributed by atoms with Gasteiger partial charge in [-0.1, -0.05) is 18.2 Å². The molecule has 4 heteroatoms. The van der Waals surface area contributed by atoms with E-state index >= 15 is 0 Å². The van der Waals surface area contributed by atoms with Crippen molar-refractivity contribution in [1.82, 2.24) is 4.90 Å². The summed E-state index contributed by atoms with van der Waals surface area (Å²) in [7, 11) is 0. The van der Waals surface area contributed by atoms with Crippen molar-refractivity contribution in [3.8, 4) is 0 Å². The second kappa shape index (κ2) is 5.83. The van der Waals surface area contributed by atoms with Crippen LogP contribution in [-0.2, 0) is 24.2 Å². The van der Waals surface area contributed by atoms with E-state index in [1.54, 1.807) is 4.90 Å². The number of fused-ring (bicyclic) bond motifs is 1. The van der Waals surface area contributed by atoms with E-state index in [0.29, 0.717) is 13.1 Å². The highest BCUT2D eigenvalue weighted by molar-refractivity contribution is 5.68. The molecule has 4 nitrogen and oxygen atoms in total. The fourth-order valence-corrected chi connectivity index (χ4v) is 2.42. The average Bonchev–Trinajstić information content (AvgIpc) is 2.57. The monoisotopic (exact) mass is 276 g/mol. The van der Waals surface area contributed by atoms with Crippen molar-refractivity contribution in [1.29, 1.82) is 0 Å². The molecule has 2 N–H and O–H groups in total. The highest BCUT2D eigenvalue weighted by Gasteiger charge is 2.24. The van der Waals surface area contributed by atoms with E-state index in [1.807, 2.05) is 26.8 Å². The van der Waals surface area contributed by atoms with Crippen LogP contribution in [0.2, 0.25) is 0 Å². The van der Waals surface area contributed by atoms with Crippen molar-refractivity contribution >= 4 is 6.09 Å². The number of rotatable bonds is 1. The number of aryl methyl sites for hydroxylation is 1. The number of ether oxygens (including phenoxy) is 1. The molecule has 0 fully saturated rings. The normalized spacial score (nSPS) is 15.5. The average molecular weight is 276 g/mol. The van der Waals surface area contributed by atoms with Gasteiger partial charge in [-0.25, -0.2) is 4.79 Å². The van der Waals surface area contributed by atoms with Crippen molar-refractivity contribution in [2.45, 2.75) is 52.3 Å². The van der Waals surface area contributed by atoms with Crippen molar-refractivity contribution in [3.63, 3.8) is 0 Å². The molecule has 1 amide bonds. The van der Waals surface area contributed by atoms with Crippen LogP contribution in [0.1, 0.15) is 43.9 Å². The Morgan fingerprint density at radius 2 is 2.10 bits per heavy atom. The third kappa shape index (κ3) is 3.73. The summed E-state index contributed by atoms with van der Waals surface area (Å²) in [4.78, 5) is 14.0. The molecule has 0 saturated carbocycles. The molecule has 1 aliphatic heterocycles. The number of nitrogens with zero attached hydrogens (tertiary/aromatic N) is 1. The van der Waals surface area contributed by atoms with Gasteiger partial charge in [0.1, 0.15) is 5.60 Å². The van der Waals surface area contributed by atoms with Crippen LogP contribution in [0.3, 0.4) is 0 Å². The van der Waals surface area contributed by atoms with E-state index in [4.69, 9.17) is 10.5 Å². The van der Waals surface area contributed by atoms with E-state index < -0.39 is 5.60 Å². The molecule has 0 aliphatic carbocycles. The van der Waals surface area contributed by atoms with Gasteiger partial charge in [0.25, 0.3) is 0 Å². The van der Waals surface area contributed by atoms with Crippen LogP contribution in [0.15, 0.2) is 18.2 Å². The number of amides is 1. The summed E-state index contributed by atoms with van der Waals surface area (Å²) in [6, 6.07) is 6.28. The number of benzene rings is 1. The first-order valence-corrected chi connectivity index (χ1v) is 7.18. The van der Waals surface area contributed by atoms with Crippen LogP contribution >= 0.6 is 0 Å². The fraction of sp³-hybridized carbons (Fsp3) is 0.562. The molecule has 20 heavy (non-hydrogen) atoms. The van der Waals surface area contributed by atoms with E-state index in [2.05, 4.69) is 12.1 Å². The van der Waals surface area contributed by atoms with Crippen molar-refractivity contribution < 1.29 is 9.53 Å². The molecule has 0 radical (unpaired) electrons. The Morgan fingerprint density at radius 1 is 1.35 bits per heavy atom. The van der Waals surface area contributed by atoms with Crippen LogP contribution < -0.4 is 5.73 Å². The highest BCUT2D eigenvalue weighted by Crippen LogP contribution is 2.21. The molecule has 1 aromatic carbocycles. The molecule has 0 aromatic heterocycles. The van der Waals surface area contributed by atoms with Crippen LogP contribution in [0, 0.1) is 0 Å². The van der Waals surface area contributed by atoms with Crippen molar-refractivity contribution in [2.24, 2.45) is 5.73 Å². The van der Waals surface area contributed by atoms with Gasteiger partial charge in [-0.2, -0.15) is 0 Å². The van der Waals surface area contributed by atoms with Crippen LogP contribution in [0.5, 0.6) is 0 Å². The Hall–Kier alpha value is -1.55. The minimum atomic E-state index is -0.449. The summed E-state index contributed by atoms with van der Waals surface area (Å²) in [5, 5.41) is 0. The van der Waals surface area contributed by atoms with Gasteiger partial charge < -0.3 is 15.4 Å². The summed E-state index contributed by atoms with van der Waals surface area (Å²) in [6.45, 7) is 7.60. The van der Waals surface area contributed by atoms with Gasteiger partial charge in [-0.3, -0.25) is 0 Å². The Kier molecular flexibility index (Phi) is 4.33. The first-order chi connectivity index (χ1) is 9.39. The second-order valence-corrected chi connectivity index (χ2v) is 6.31. The lowest BCUT2D eigenvalue weighted by Gasteiger charge is -2.26. The van der Waals surface area contributed by atoms with E-state index in [0.717, 1.165) is 24.9 Å². The molecular formula is C16H24N2O2. The Morgan fingerprint density at radius 3 is 2.75 bits per heavy atom. The van der Waals surface area contributed by atoms with Crippen LogP contribution in [0.4, 0.5) is 4.79 Å². The van der Waals surface area contributed by atoms with Gasteiger partial charge in [-0.05, 0) is 50.3 Å². The maximum Gasteiger partial charge on any atom is 0.410 e. The molecule has 1 heterocycles. The number of hydrogen-bond acceptors (Lipinski definition) is 3. The number of nitrogens with two attached hydrogens (primary N) is 1. The fourth-order valence-electron chi connectivity index (χ4n) is 2.42. The van der Waals surface area contributed by atoms with Gasteiger partial charge >= 0.3 is 6.09 Å². The largest absolute Gasteiger partial charge is 0.444 e. The number of carbonyl (C=O) groups is 1. The molecule has 110 valence electrons. The van der Waals surface area contributed by atoms with Gasteiger partial charge in [0.05, 0.1) is 0 Å². The zero-order chi connectivity index (χ0) is 14.8. The molecule has 0 spiro atoms. The summed E-state index contributed by atoms with van der Waals surface area (Å²) in [5.74, 6) is 0. The smallest absolute Gasteiger partial charge is 0.410 e. The lowest BCUT2D eigenvalue weighted by molar-refractivity contribution is 0.0237. The molecule has 0 unspecified atom stereocenters. The van der Waals surface area contributed by atoms with E-state index in [9.17, 15) is 4.79 Å². The van der Waals surface area contributed by atoms with Crippen molar-refractivity contribution in [2.75, 3.05) is 6.54 Å². The Bertz CT molecular complexity index is 492.